The first-order chi connectivity index (χ1) is 10.1. The summed E-state index contributed by atoms with van der Waals surface area (Å²) in [6.07, 6.45) is 3.26. The van der Waals surface area contributed by atoms with E-state index >= 15 is 0 Å². The van der Waals surface area contributed by atoms with Crippen LogP contribution >= 0.6 is 0 Å². The van der Waals surface area contributed by atoms with E-state index in [4.69, 9.17) is 5.11 Å². The van der Waals surface area contributed by atoms with Crippen LogP contribution in [0.3, 0.4) is 0 Å². The number of para-hydroxylation sites is 1. The van der Waals surface area contributed by atoms with E-state index in [9.17, 15) is 8.42 Å². The number of rotatable bonds is 6. The first-order valence-electron chi connectivity index (χ1n) is 7.53. The number of anilines is 1. The molecular formula is C15H24N2O3S. The third-order valence-electron chi connectivity index (χ3n) is 3.95. The molecule has 6 heteroatoms. The molecule has 5 nitrogen and oxygen atoms in total. The number of benzene rings is 1. The van der Waals surface area contributed by atoms with Gasteiger partial charge in [-0.2, -0.15) is 12.7 Å². The molecule has 0 bridgehead atoms. The predicted octanol–water partition coefficient (Wildman–Crippen LogP) is 2.00. The Morgan fingerprint density at radius 3 is 2.57 bits per heavy atom. The van der Waals surface area contributed by atoms with Crippen LogP contribution in [0.2, 0.25) is 0 Å². The van der Waals surface area contributed by atoms with Gasteiger partial charge in [0.2, 0.25) is 0 Å². The van der Waals surface area contributed by atoms with Crippen LogP contribution in [0, 0.1) is 5.92 Å². The van der Waals surface area contributed by atoms with Crippen molar-refractivity contribution in [3.63, 3.8) is 0 Å². The molecule has 0 atom stereocenters. The van der Waals surface area contributed by atoms with Gasteiger partial charge in [-0.25, -0.2) is 0 Å². The molecule has 0 radical (unpaired) electrons. The van der Waals surface area contributed by atoms with Gasteiger partial charge in [-0.05, 0) is 36.8 Å². The molecule has 1 saturated heterocycles. The second kappa shape index (κ2) is 7.24. The average Bonchev–Trinajstić information content (AvgIpc) is 2.49. The maximum Gasteiger partial charge on any atom is 0.301 e. The van der Waals surface area contributed by atoms with E-state index in [2.05, 4.69) is 11.6 Å². The number of hydrogen-bond donors (Lipinski definition) is 2. The van der Waals surface area contributed by atoms with E-state index in [-0.39, 0.29) is 12.5 Å². The smallest absolute Gasteiger partial charge is 0.301 e. The lowest BCUT2D eigenvalue weighted by atomic mass is 10.00. The van der Waals surface area contributed by atoms with Crippen molar-refractivity contribution in [2.45, 2.75) is 32.6 Å². The summed E-state index contributed by atoms with van der Waals surface area (Å²) in [4.78, 5) is 0. The highest BCUT2D eigenvalue weighted by Crippen LogP contribution is 2.23. The van der Waals surface area contributed by atoms with Crippen LogP contribution in [0.4, 0.5) is 5.69 Å². The Morgan fingerprint density at radius 1 is 1.29 bits per heavy atom. The lowest BCUT2D eigenvalue weighted by molar-refractivity contribution is 0.170. The molecule has 1 aliphatic rings. The summed E-state index contributed by atoms with van der Waals surface area (Å²) in [6, 6.07) is 7.53. The van der Waals surface area contributed by atoms with Crippen molar-refractivity contribution in [3.05, 3.63) is 29.8 Å². The number of piperidine rings is 1. The van der Waals surface area contributed by atoms with Gasteiger partial charge in [0.25, 0.3) is 0 Å². The summed E-state index contributed by atoms with van der Waals surface area (Å²) < 4.78 is 29.1. The molecular weight excluding hydrogens is 288 g/mol. The molecule has 118 valence electrons. The lowest BCUT2D eigenvalue weighted by Crippen LogP contribution is -2.42. The fourth-order valence-electron chi connectivity index (χ4n) is 2.64. The van der Waals surface area contributed by atoms with E-state index in [1.807, 2.05) is 24.3 Å². The molecule has 1 heterocycles. The second-order valence-electron chi connectivity index (χ2n) is 5.54. The van der Waals surface area contributed by atoms with Crippen LogP contribution in [0.25, 0.3) is 0 Å². The summed E-state index contributed by atoms with van der Waals surface area (Å²) in [5.41, 5.74) is 1.69. The summed E-state index contributed by atoms with van der Waals surface area (Å²) in [5, 5.41) is 9.13. The number of nitrogens with one attached hydrogen (secondary N) is 1. The van der Waals surface area contributed by atoms with Crippen LogP contribution in [0.15, 0.2) is 24.3 Å². The molecule has 0 spiro atoms. The van der Waals surface area contributed by atoms with Gasteiger partial charge in [0, 0.05) is 19.7 Å². The van der Waals surface area contributed by atoms with Gasteiger partial charge in [0.1, 0.15) is 0 Å². The molecule has 2 N–H and O–H groups in total. The van der Waals surface area contributed by atoms with Crippen molar-refractivity contribution in [2.75, 3.05) is 24.4 Å². The van der Waals surface area contributed by atoms with E-state index in [0.717, 1.165) is 18.4 Å². The molecule has 1 aliphatic heterocycles. The van der Waals surface area contributed by atoms with Crippen molar-refractivity contribution >= 4 is 15.9 Å². The van der Waals surface area contributed by atoms with Crippen molar-refractivity contribution in [1.29, 1.82) is 0 Å². The topological polar surface area (TPSA) is 69.6 Å². The van der Waals surface area contributed by atoms with Gasteiger partial charge in [-0.15, -0.1) is 0 Å². The third kappa shape index (κ3) is 4.18. The van der Waals surface area contributed by atoms with E-state index in [1.54, 1.807) is 0 Å². The number of aliphatic hydroxyl groups is 1. The molecule has 1 aromatic carbocycles. The molecule has 1 fully saturated rings. The first kappa shape index (κ1) is 16.3. The van der Waals surface area contributed by atoms with Crippen LogP contribution in [-0.4, -0.2) is 37.5 Å². The van der Waals surface area contributed by atoms with Crippen LogP contribution in [-0.2, 0) is 16.6 Å². The van der Waals surface area contributed by atoms with Crippen molar-refractivity contribution < 1.29 is 13.5 Å². The van der Waals surface area contributed by atoms with E-state index in [1.165, 1.54) is 4.31 Å². The zero-order valence-corrected chi connectivity index (χ0v) is 13.3. The molecule has 0 saturated carbocycles. The Balaban J connectivity index is 2.08. The van der Waals surface area contributed by atoms with Gasteiger partial charge in [0.15, 0.2) is 0 Å². The Morgan fingerprint density at radius 2 is 1.95 bits per heavy atom. The first-order valence-corrected chi connectivity index (χ1v) is 8.97. The standard InChI is InChI=1S/C15H24N2O3S/c1-2-5-14-6-3-4-7-15(14)16-21(19,20)17-10-8-13(12-18)9-11-17/h3-4,6-7,13,16,18H,2,5,8-12H2,1H3. The van der Waals surface area contributed by atoms with E-state index < -0.39 is 10.2 Å². The summed E-state index contributed by atoms with van der Waals surface area (Å²) >= 11 is 0. The molecule has 0 aliphatic carbocycles. The Labute approximate surface area is 127 Å². The molecule has 0 aromatic heterocycles. The average molecular weight is 312 g/mol. The normalized spacial score (nSPS) is 17.8. The minimum atomic E-state index is -3.51. The molecule has 0 unspecified atom stereocenters. The minimum absolute atomic E-state index is 0.140. The number of aliphatic hydroxyl groups excluding tert-OH is 1. The van der Waals surface area contributed by atoms with Crippen LogP contribution in [0.1, 0.15) is 31.7 Å². The van der Waals surface area contributed by atoms with Crippen LogP contribution < -0.4 is 4.72 Å². The number of hydrogen-bond acceptors (Lipinski definition) is 3. The summed E-state index contributed by atoms with van der Waals surface area (Å²) in [7, 11) is -3.51. The van der Waals surface area contributed by atoms with Gasteiger partial charge in [-0.1, -0.05) is 31.5 Å². The molecule has 0 amide bonds. The highest BCUT2D eigenvalue weighted by atomic mass is 32.2. The number of aryl methyl sites for hydroxylation is 1. The van der Waals surface area contributed by atoms with E-state index in [0.29, 0.717) is 31.6 Å². The highest BCUT2D eigenvalue weighted by molar-refractivity contribution is 7.90. The molecule has 2 rings (SSSR count). The zero-order valence-electron chi connectivity index (χ0n) is 12.5. The summed E-state index contributed by atoms with van der Waals surface area (Å²) in [5.74, 6) is 0.226. The van der Waals surface area contributed by atoms with Crippen molar-refractivity contribution in [1.82, 2.24) is 4.31 Å². The predicted molar refractivity (Wildman–Crippen MR) is 84.4 cm³/mol. The van der Waals surface area contributed by atoms with Gasteiger partial charge in [0.05, 0.1) is 5.69 Å². The Hall–Kier alpha value is -1.11. The maximum absolute atomic E-state index is 12.5. The Kier molecular flexibility index (Phi) is 5.61. The second-order valence-corrected chi connectivity index (χ2v) is 7.21. The van der Waals surface area contributed by atoms with Crippen molar-refractivity contribution in [3.8, 4) is 0 Å². The fraction of sp³-hybridized carbons (Fsp3) is 0.600. The zero-order chi connectivity index (χ0) is 15.3. The number of nitrogens with zero attached hydrogens (tertiary/aromatic N) is 1. The van der Waals surface area contributed by atoms with Gasteiger partial charge < -0.3 is 5.11 Å². The molecule has 21 heavy (non-hydrogen) atoms. The largest absolute Gasteiger partial charge is 0.396 e. The monoisotopic (exact) mass is 312 g/mol. The lowest BCUT2D eigenvalue weighted by Gasteiger charge is -2.30. The summed E-state index contributed by atoms with van der Waals surface area (Å²) in [6.45, 7) is 3.15. The van der Waals surface area contributed by atoms with Crippen molar-refractivity contribution in [2.24, 2.45) is 5.92 Å². The highest BCUT2D eigenvalue weighted by Gasteiger charge is 2.27. The van der Waals surface area contributed by atoms with Gasteiger partial charge in [-0.3, -0.25) is 4.72 Å². The van der Waals surface area contributed by atoms with Crippen LogP contribution in [0.5, 0.6) is 0 Å². The fourth-order valence-corrected chi connectivity index (χ4v) is 3.94. The Bertz CT molecular complexity index is 552. The quantitative estimate of drug-likeness (QED) is 0.844. The SMILES string of the molecule is CCCc1ccccc1NS(=O)(=O)N1CCC(CO)CC1. The van der Waals surface area contributed by atoms with Gasteiger partial charge >= 0.3 is 10.2 Å². The maximum atomic E-state index is 12.5. The minimum Gasteiger partial charge on any atom is -0.396 e. The third-order valence-corrected chi connectivity index (χ3v) is 5.47. The molecule has 1 aromatic rings.